The van der Waals surface area contributed by atoms with Crippen LogP contribution in [0.15, 0.2) is 30.9 Å². The summed E-state index contributed by atoms with van der Waals surface area (Å²) in [5, 5.41) is 5.18. The maximum atomic E-state index is 6.39. The Hall–Kier alpha value is -1.18. The predicted octanol–water partition coefficient (Wildman–Crippen LogP) is 3.28. The fourth-order valence-electron chi connectivity index (χ4n) is 2.64. The molecule has 1 aliphatic heterocycles. The van der Waals surface area contributed by atoms with Crippen LogP contribution in [-0.2, 0) is 26.5 Å². The SMILES string of the molecule is CCCOC[C@@H]1CO[C@@](Cn2cncn2)(c2ccc(Cl)cc2Cl)O1. The molecule has 0 aliphatic carbocycles. The van der Waals surface area contributed by atoms with Crippen molar-refractivity contribution < 1.29 is 14.2 Å². The maximum Gasteiger partial charge on any atom is 0.217 e. The molecule has 1 aromatic heterocycles. The number of benzene rings is 1. The van der Waals surface area contributed by atoms with Gasteiger partial charge in [0.15, 0.2) is 0 Å². The Labute approximate surface area is 150 Å². The lowest BCUT2D eigenvalue weighted by molar-refractivity contribution is -0.193. The van der Waals surface area contributed by atoms with E-state index in [-0.39, 0.29) is 6.10 Å². The monoisotopic (exact) mass is 371 g/mol. The van der Waals surface area contributed by atoms with Crippen LogP contribution in [-0.4, -0.2) is 40.7 Å². The molecule has 0 spiro atoms. The first kappa shape index (κ1) is 17.6. The Balaban J connectivity index is 1.85. The van der Waals surface area contributed by atoms with E-state index < -0.39 is 5.79 Å². The lowest BCUT2D eigenvalue weighted by atomic mass is 10.1. The average Bonchev–Trinajstić information content (AvgIpc) is 3.19. The van der Waals surface area contributed by atoms with Crippen LogP contribution in [0, 0.1) is 0 Å². The summed E-state index contributed by atoms with van der Waals surface area (Å²) in [6, 6.07) is 5.26. The standard InChI is InChI=1S/C16H19Cl2N3O3/c1-2-5-22-7-13-8-23-16(24-13,9-21-11-19-10-20-21)14-4-3-12(17)6-15(14)18/h3-4,6,10-11,13H,2,5,7-9H2,1H3/t13-,16-/m1/s1. The minimum atomic E-state index is -1.05. The van der Waals surface area contributed by atoms with Gasteiger partial charge >= 0.3 is 0 Å². The fourth-order valence-corrected chi connectivity index (χ4v) is 3.19. The van der Waals surface area contributed by atoms with Crippen molar-refractivity contribution in [1.82, 2.24) is 14.8 Å². The van der Waals surface area contributed by atoms with E-state index in [1.54, 1.807) is 23.1 Å². The van der Waals surface area contributed by atoms with E-state index in [0.29, 0.717) is 42.0 Å². The van der Waals surface area contributed by atoms with Crippen LogP contribution in [0.2, 0.25) is 10.0 Å². The van der Waals surface area contributed by atoms with E-state index in [1.807, 2.05) is 6.07 Å². The van der Waals surface area contributed by atoms with E-state index in [2.05, 4.69) is 17.0 Å². The topological polar surface area (TPSA) is 58.4 Å². The summed E-state index contributed by atoms with van der Waals surface area (Å²) in [6.45, 7) is 3.97. The van der Waals surface area contributed by atoms with Gasteiger partial charge in [0.25, 0.3) is 0 Å². The van der Waals surface area contributed by atoms with Gasteiger partial charge in [-0.2, -0.15) is 5.10 Å². The van der Waals surface area contributed by atoms with Gasteiger partial charge in [0, 0.05) is 17.2 Å². The molecule has 2 heterocycles. The largest absolute Gasteiger partial charge is 0.379 e. The lowest BCUT2D eigenvalue weighted by Gasteiger charge is -2.29. The van der Waals surface area contributed by atoms with Crippen molar-refractivity contribution in [2.24, 2.45) is 0 Å². The minimum Gasteiger partial charge on any atom is -0.379 e. The molecule has 0 bridgehead atoms. The van der Waals surface area contributed by atoms with Crippen LogP contribution in [0.1, 0.15) is 18.9 Å². The van der Waals surface area contributed by atoms with Crippen molar-refractivity contribution >= 4 is 23.2 Å². The zero-order valence-electron chi connectivity index (χ0n) is 13.3. The highest BCUT2D eigenvalue weighted by molar-refractivity contribution is 6.35. The highest BCUT2D eigenvalue weighted by Gasteiger charge is 2.45. The van der Waals surface area contributed by atoms with Gasteiger partial charge in [-0.3, -0.25) is 0 Å². The van der Waals surface area contributed by atoms with Gasteiger partial charge in [0.1, 0.15) is 25.3 Å². The van der Waals surface area contributed by atoms with Crippen LogP contribution in [0.25, 0.3) is 0 Å². The number of ether oxygens (including phenoxy) is 3. The van der Waals surface area contributed by atoms with Gasteiger partial charge in [-0.1, -0.05) is 36.2 Å². The van der Waals surface area contributed by atoms with Crippen LogP contribution in [0.5, 0.6) is 0 Å². The molecule has 2 aromatic rings. The summed E-state index contributed by atoms with van der Waals surface area (Å²) in [5.41, 5.74) is 0.710. The molecule has 0 amide bonds. The molecule has 1 aliphatic rings. The number of hydrogen-bond donors (Lipinski definition) is 0. The summed E-state index contributed by atoms with van der Waals surface area (Å²) < 4.78 is 19.5. The fraction of sp³-hybridized carbons (Fsp3) is 0.500. The normalized spacial score (nSPS) is 23.7. The van der Waals surface area contributed by atoms with Crippen molar-refractivity contribution in [3.63, 3.8) is 0 Å². The average molecular weight is 372 g/mol. The van der Waals surface area contributed by atoms with Gasteiger partial charge < -0.3 is 14.2 Å². The first-order valence-corrected chi connectivity index (χ1v) is 8.56. The minimum absolute atomic E-state index is 0.174. The zero-order chi connectivity index (χ0) is 17.0. The molecule has 1 aromatic carbocycles. The summed E-state index contributed by atoms with van der Waals surface area (Å²) in [7, 11) is 0. The van der Waals surface area contributed by atoms with Crippen molar-refractivity contribution in [3.8, 4) is 0 Å². The van der Waals surface area contributed by atoms with Crippen molar-refractivity contribution in [2.75, 3.05) is 19.8 Å². The molecule has 2 atom stereocenters. The molecule has 1 saturated heterocycles. The Morgan fingerprint density at radius 1 is 1.42 bits per heavy atom. The second-order valence-corrected chi connectivity index (χ2v) is 6.44. The van der Waals surface area contributed by atoms with Gasteiger partial charge in [0.2, 0.25) is 5.79 Å². The highest BCUT2D eigenvalue weighted by atomic mass is 35.5. The maximum absolute atomic E-state index is 6.39. The Kier molecular flexibility index (Phi) is 5.73. The lowest BCUT2D eigenvalue weighted by Crippen LogP contribution is -2.34. The molecular formula is C16H19Cl2N3O3. The van der Waals surface area contributed by atoms with Crippen LogP contribution in [0.3, 0.4) is 0 Å². The molecule has 0 unspecified atom stereocenters. The van der Waals surface area contributed by atoms with E-state index in [4.69, 9.17) is 37.4 Å². The molecule has 130 valence electrons. The quantitative estimate of drug-likeness (QED) is 0.699. The van der Waals surface area contributed by atoms with Gasteiger partial charge in [-0.05, 0) is 18.6 Å². The number of hydrogen-bond acceptors (Lipinski definition) is 5. The number of halogens is 2. The summed E-state index contributed by atoms with van der Waals surface area (Å²) in [6.07, 6.45) is 3.86. The second kappa shape index (κ2) is 7.80. The number of aromatic nitrogens is 3. The molecule has 0 radical (unpaired) electrons. The Morgan fingerprint density at radius 3 is 3.00 bits per heavy atom. The number of rotatable bonds is 7. The third kappa shape index (κ3) is 3.90. The first-order valence-electron chi connectivity index (χ1n) is 7.80. The van der Waals surface area contributed by atoms with Gasteiger partial charge in [-0.15, -0.1) is 0 Å². The van der Waals surface area contributed by atoms with Crippen molar-refractivity contribution in [1.29, 1.82) is 0 Å². The third-order valence-corrected chi connectivity index (χ3v) is 4.24. The number of nitrogens with zero attached hydrogens (tertiary/aromatic N) is 3. The molecule has 24 heavy (non-hydrogen) atoms. The zero-order valence-corrected chi connectivity index (χ0v) is 14.8. The predicted molar refractivity (Wildman–Crippen MR) is 90.1 cm³/mol. The molecule has 8 heteroatoms. The Bertz CT molecular complexity index is 669. The van der Waals surface area contributed by atoms with Crippen LogP contribution in [0.4, 0.5) is 0 Å². The van der Waals surface area contributed by atoms with Crippen molar-refractivity contribution in [3.05, 3.63) is 46.5 Å². The molecule has 3 rings (SSSR count). The first-order chi connectivity index (χ1) is 11.6. The van der Waals surface area contributed by atoms with Gasteiger partial charge in [0.05, 0.1) is 18.2 Å². The van der Waals surface area contributed by atoms with Crippen LogP contribution >= 0.6 is 23.2 Å². The molecule has 0 saturated carbocycles. The van der Waals surface area contributed by atoms with E-state index in [1.165, 1.54) is 6.33 Å². The van der Waals surface area contributed by atoms with Gasteiger partial charge in [-0.25, -0.2) is 9.67 Å². The van der Waals surface area contributed by atoms with E-state index in [9.17, 15) is 0 Å². The Morgan fingerprint density at radius 2 is 2.29 bits per heavy atom. The molecule has 1 fully saturated rings. The van der Waals surface area contributed by atoms with Crippen molar-refractivity contribution in [2.45, 2.75) is 31.8 Å². The summed E-state index contributed by atoms with van der Waals surface area (Å²) in [5.74, 6) is -1.05. The third-order valence-electron chi connectivity index (χ3n) is 3.69. The van der Waals surface area contributed by atoms with E-state index in [0.717, 1.165) is 6.42 Å². The summed E-state index contributed by atoms with van der Waals surface area (Å²) >= 11 is 12.4. The smallest absolute Gasteiger partial charge is 0.217 e. The second-order valence-electron chi connectivity index (χ2n) is 5.60. The molecule has 6 nitrogen and oxygen atoms in total. The molecule has 0 N–H and O–H groups in total. The molecular weight excluding hydrogens is 353 g/mol. The van der Waals surface area contributed by atoms with Crippen LogP contribution < -0.4 is 0 Å². The summed E-state index contributed by atoms with van der Waals surface area (Å²) in [4.78, 5) is 3.97. The highest BCUT2D eigenvalue weighted by Crippen LogP contribution is 2.40. The van der Waals surface area contributed by atoms with E-state index >= 15 is 0 Å².